The van der Waals surface area contributed by atoms with E-state index in [0.717, 1.165) is 0 Å². The minimum absolute atomic E-state index is 0.0605. The summed E-state index contributed by atoms with van der Waals surface area (Å²) in [6.07, 6.45) is 1.61. The molecule has 0 atom stereocenters. The smallest absolute Gasteiger partial charge is 0.356 e. The highest BCUT2D eigenvalue weighted by Crippen LogP contribution is 2.25. The van der Waals surface area contributed by atoms with Gasteiger partial charge in [0, 0.05) is 13.2 Å². The number of aliphatic hydroxyl groups is 1. The Labute approximate surface area is 105 Å². The number of rotatable bonds is 5. The summed E-state index contributed by atoms with van der Waals surface area (Å²) in [6.45, 7) is 3.30. The van der Waals surface area contributed by atoms with Crippen molar-refractivity contribution < 1.29 is 24.2 Å². The average Bonchev–Trinajstić information content (AvgIpc) is 2.75. The third-order valence-corrected chi connectivity index (χ3v) is 2.46. The SMILES string of the molecule is CCOC(=O)C(O)(C(=O)OCC)c1cccn1C. The number of ether oxygens (including phenoxy) is 2. The molecule has 1 N–H and O–H groups in total. The average molecular weight is 255 g/mol. The van der Waals surface area contributed by atoms with E-state index in [-0.39, 0.29) is 18.9 Å². The summed E-state index contributed by atoms with van der Waals surface area (Å²) >= 11 is 0. The Kier molecular flexibility index (Phi) is 4.49. The van der Waals surface area contributed by atoms with Gasteiger partial charge in [0.2, 0.25) is 0 Å². The molecule has 1 aromatic heterocycles. The van der Waals surface area contributed by atoms with E-state index in [1.165, 1.54) is 10.6 Å². The fraction of sp³-hybridized carbons (Fsp3) is 0.500. The molecule has 1 rings (SSSR count). The third kappa shape index (κ3) is 2.38. The Balaban J connectivity index is 3.21. The van der Waals surface area contributed by atoms with Crippen LogP contribution in [0.15, 0.2) is 18.3 Å². The van der Waals surface area contributed by atoms with Crippen molar-refractivity contribution in [3.05, 3.63) is 24.0 Å². The normalized spacial score (nSPS) is 11.1. The van der Waals surface area contributed by atoms with Crippen molar-refractivity contribution in [2.75, 3.05) is 13.2 Å². The second kappa shape index (κ2) is 5.68. The molecule has 6 nitrogen and oxygen atoms in total. The van der Waals surface area contributed by atoms with Crippen molar-refractivity contribution in [3.8, 4) is 0 Å². The summed E-state index contributed by atoms with van der Waals surface area (Å²) in [5.41, 5.74) is -2.32. The standard InChI is InChI=1S/C12H17NO5/c1-4-17-10(14)12(16,11(15)18-5-2)9-7-6-8-13(9)3/h6-8,16H,4-5H2,1-3H3. The first-order valence-corrected chi connectivity index (χ1v) is 5.67. The summed E-state index contributed by atoms with van der Waals surface area (Å²) in [5, 5.41) is 10.4. The Morgan fingerprint density at radius 2 is 1.78 bits per heavy atom. The van der Waals surface area contributed by atoms with E-state index in [0.29, 0.717) is 0 Å². The Morgan fingerprint density at radius 3 is 2.11 bits per heavy atom. The van der Waals surface area contributed by atoms with Crippen LogP contribution < -0.4 is 0 Å². The molecule has 0 unspecified atom stereocenters. The van der Waals surface area contributed by atoms with Crippen LogP contribution in [-0.4, -0.2) is 34.8 Å². The van der Waals surface area contributed by atoms with E-state index in [4.69, 9.17) is 9.47 Å². The van der Waals surface area contributed by atoms with Gasteiger partial charge in [-0.1, -0.05) is 0 Å². The molecule has 100 valence electrons. The Hall–Kier alpha value is -1.82. The summed E-state index contributed by atoms with van der Waals surface area (Å²) in [4.78, 5) is 23.7. The fourth-order valence-corrected chi connectivity index (χ4v) is 1.60. The van der Waals surface area contributed by atoms with Crippen LogP contribution in [0.25, 0.3) is 0 Å². The summed E-state index contributed by atoms with van der Waals surface area (Å²) in [5.74, 6) is -2.07. The third-order valence-electron chi connectivity index (χ3n) is 2.46. The molecule has 0 saturated heterocycles. The minimum Gasteiger partial charge on any atom is -0.463 e. The lowest BCUT2D eigenvalue weighted by atomic mass is 10.00. The number of hydrogen-bond donors (Lipinski definition) is 1. The molecular weight excluding hydrogens is 238 g/mol. The van der Waals surface area contributed by atoms with Gasteiger partial charge >= 0.3 is 17.5 Å². The maximum atomic E-state index is 11.8. The van der Waals surface area contributed by atoms with Crippen molar-refractivity contribution in [2.24, 2.45) is 7.05 Å². The lowest BCUT2D eigenvalue weighted by molar-refractivity contribution is -0.185. The van der Waals surface area contributed by atoms with Crippen LogP contribution in [0.4, 0.5) is 0 Å². The lowest BCUT2D eigenvalue weighted by Gasteiger charge is -2.24. The molecule has 0 spiro atoms. The molecule has 0 aromatic carbocycles. The number of carbonyl (C=O) groups excluding carboxylic acids is 2. The van der Waals surface area contributed by atoms with Crippen LogP contribution in [0.2, 0.25) is 0 Å². The van der Waals surface area contributed by atoms with E-state index in [9.17, 15) is 14.7 Å². The van der Waals surface area contributed by atoms with Crippen LogP contribution in [0, 0.1) is 0 Å². The first-order valence-electron chi connectivity index (χ1n) is 5.67. The molecule has 0 bridgehead atoms. The van der Waals surface area contributed by atoms with Gasteiger partial charge in [-0.15, -0.1) is 0 Å². The maximum Gasteiger partial charge on any atom is 0.356 e. The molecule has 0 fully saturated rings. The highest BCUT2D eigenvalue weighted by molar-refractivity contribution is 6.03. The first kappa shape index (κ1) is 14.2. The first-order chi connectivity index (χ1) is 8.48. The molecule has 1 heterocycles. The van der Waals surface area contributed by atoms with Gasteiger partial charge in [-0.25, -0.2) is 9.59 Å². The van der Waals surface area contributed by atoms with Crippen LogP contribution in [0.3, 0.4) is 0 Å². The molecule has 0 radical (unpaired) electrons. The quantitative estimate of drug-likeness (QED) is 0.606. The fourth-order valence-electron chi connectivity index (χ4n) is 1.60. The van der Waals surface area contributed by atoms with Crippen molar-refractivity contribution in [2.45, 2.75) is 19.4 Å². The number of esters is 2. The zero-order chi connectivity index (χ0) is 13.8. The van der Waals surface area contributed by atoms with Crippen molar-refractivity contribution >= 4 is 11.9 Å². The van der Waals surface area contributed by atoms with Crippen LogP contribution in [0.5, 0.6) is 0 Å². The second-order valence-corrected chi connectivity index (χ2v) is 3.66. The van der Waals surface area contributed by atoms with E-state index in [2.05, 4.69) is 0 Å². The molecule has 0 amide bonds. The Bertz CT molecular complexity index is 419. The van der Waals surface area contributed by atoms with Crippen molar-refractivity contribution in [1.29, 1.82) is 0 Å². The van der Waals surface area contributed by atoms with E-state index in [1.54, 1.807) is 33.2 Å². The molecule has 6 heteroatoms. The number of nitrogens with zero attached hydrogens (tertiary/aromatic N) is 1. The Morgan fingerprint density at radius 1 is 1.28 bits per heavy atom. The predicted molar refractivity (Wildman–Crippen MR) is 62.6 cm³/mol. The number of carbonyl (C=O) groups is 2. The molecular formula is C12H17NO5. The maximum absolute atomic E-state index is 11.8. The number of hydrogen-bond acceptors (Lipinski definition) is 5. The highest BCUT2D eigenvalue weighted by atomic mass is 16.6. The van der Waals surface area contributed by atoms with Gasteiger partial charge in [-0.2, -0.15) is 0 Å². The second-order valence-electron chi connectivity index (χ2n) is 3.66. The highest BCUT2D eigenvalue weighted by Gasteiger charge is 2.50. The molecule has 0 aliphatic heterocycles. The van der Waals surface area contributed by atoms with Crippen LogP contribution in [0.1, 0.15) is 19.5 Å². The lowest BCUT2D eigenvalue weighted by Crippen LogP contribution is -2.47. The summed E-state index contributed by atoms with van der Waals surface area (Å²) < 4.78 is 11.0. The van der Waals surface area contributed by atoms with Gasteiger partial charge in [0.25, 0.3) is 0 Å². The van der Waals surface area contributed by atoms with Gasteiger partial charge in [-0.3, -0.25) is 0 Å². The van der Waals surface area contributed by atoms with Crippen molar-refractivity contribution in [1.82, 2.24) is 4.57 Å². The molecule has 18 heavy (non-hydrogen) atoms. The zero-order valence-corrected chi connectivity index (χ0v) is 10.7. The van der Waals surface area contributed by atoms with E-state index >= 15 is 0 Å². The van der Waals surface area contributed by atoms with Gasteiger partial charge < -0.3 is 19.1 Å². The van der Waals surface area contributed by atoms with Gasteiger partial charge in [0.1, 0.15) is 0 Å². The molecule has 1 aromatic rings. The molecule has 0 aliphatic rings. The minimum atomic E-state index is -2.43. The number of aryl methyl sites for hydroxylation is 1. The predicted octanol–water partition coefficient (Wildman–Crippen LogP) is 0.339. The summed E-state index contributed by atoms with van der Waals surface area (Å²) in [7, 11) is 1.61. The summed E-state index contributed by atoms with van der Waals surface area (Å²) in [6, 6.07) is 3.08. The zero-order valence-electron chi connectivity index (χ0n) is 10.7. The van der Waals surface area contributed by atoms with Gasteiger partial charge in [-0.05, 0) is 26.0 Å². The largest absolute Gasteiger partial charge is 0.463 e. The van der Waals surface area contributed by atoms with Crippen molar-refractivity contribution in [3.63, 3.8) is 0 Å². The van der Waals surface area contributed by atoms with Gasteiger partial charge in [0.15, 0.2) is 0 Å². The van der Waals surface area contributed by atoms with Gasteiger partial charge in [0.05, 0.1) is 18.9 Å². The van der Waals surface area contributed by atoms with Crippen LogP contribution in [-0.2, 0) is 31.7 Å². The number of aromatic nitrogens is 1. The van der Waals surface area contributed by atoms with E-state index < -0.39 is 17.5 Å². The monoisotopic (exact) mass is 255 g/mol. The van der Waals surface area contributed by atoms with E-state index in [1.807, 2.05) is 0 Å². The molecule has 0 saturated carbocycles. The topological polar surface area (TPSA) is 77.8 Å². The molecule has 0 aliphatic carbocycles. The van der Waals surface area contributed by atoms with Crippen LogP contribution >= 0.6 is 0 Å².